The van der Waals surface area contributed by atoms with Gasteiger partial charge in [-0.15, -0.1) is 0 Å². The molecule has 3 rings (SSSR count). The number of nitrogens with zero attached hydrogens (tertiary/aromatic N) is 1. The Morgan fingerprint density at radius 2 is 1.81 bits per heavy atom. The monoisotopic (exact) mass is 370 g/mol. The van der Waals surface area contributed by atoms with Crippen LogP contribution < -0.4 is 25.8 Å². The number of fused-ring (bicyclic) bond motifs is 1. The molecule has 144 valence electrons. The summed E-state index contributed by atoms with van der Waals surface area (Å²) < 4.78 is 16.3. The van der Waals surface area contributed by atoms with Crippen LogP contribution in [0, 0.1) is 0 Å². The van der Waals surface area contributed by atoms with E-state index in [1.165, 1.54) is 0 Å². The summed E-state index contributed by atoms with van der Waals surface area (Å²) in [6.45, 7) is 3.27. The third kappa shape index (κ3) is 5.79. The molecule has 0 fully saturated rings. The van der Waals surface area contributed by atoms with Crippen molar-refractivity contribution in [3.05, 3.63) is 48.0 Å². The number of guanidine groups is 1. The summed E-state index contributed by atoms with van der Waals surface area (Å²) in [7, 11) is 1.69. The van der Waals surface area contributed by atoms with Gasteiger partial charge in [0.1, 0.15) is 0 Å². The predicted molar refractivity (Wildman–Crippen MR) is 108 cm³/mol. The minimum Gasteiger partial charge on any atom is -0.490 e. The zero-order valence-electron chi connectivity index (χ0n) is 15.5. The molecule has 0 saturated carbocycles. The molecule has 7 nitrogen and oxygen atoms in total. The molecule has 1 heterocycles. The second kappa shape index (κ2) is 9.68. The maximum Gasteiger partial charge on any atom is 0.193 e. The van der Waals surface area contributed by atoms with Crippen LogP contribution in [0.2, 0.25) is 0 Å². The third-order valence-electron chi connectivity index (χ3n) is 4.04. The lowest BCUT2D eigenvalue weighted by Gasteiger charge is -2.11. The topological polar surface area (TPSA) is 90.1 Å². The van der Waals surface area contributed by atoms with Crippen molar-refractivity contribution < 1.29 is 14.2 Å². The van der Waals surface area contributed by atoms with Crippen LogP contribution >= 0.6 is 0 Å². The fourth-order valence-corrected chi connectivity index (χ4v) is 2.63. The molecule has 2 aromatic carbocycles. The lowest BCUT2D eigenvalue weighted by Crippen LogP contribution is -2.22. The van der Waals surface area contributed by atoms with E-state index in [0.717, 1.165) is 41.4 Å². The van der Waals surface area contributed by atoms with Gasteiger partial charge in [0.2, 0.25) is 0 Å². The van der Waals surface area contributed by atoms with Gasteiger partial charge in [-0.1, -0.05) is 12.1 Å². The van der Waals surface area contributed by atoms with E-state index in [2.05, 4.69) is 15.6 Å². The van der Waals surface area contributed by atoms with Crippen molar-refractivity contribution in [2.75, 3.05) is 44.1 Å². The molecular weight excluding hydrogens is 344 g/mol. The Kier molecular flexibility index (Phi) is 6.76. The molecule has 4 N–H and O–H groups in total. The lowest BCUT2D eigenvalue weighted by atomic mass is 10.2. The van der Waals surface area contributed by atoms with Crippen molar-refractivity contribution in [3.63, 3.8) is 0 Å². The van der Waals surface area contributed by atoms with Crippen LogP contribution in [0.5, 0.6) is 11.5 Å². The Labute approximate surface area is 159 Å². The third-order valence-corrected chi connectivity index (χ3v) is 4.04. The smallest absolute Gasteiger partial charge is 0.193 e. The fraction of sp³-hybridized carbons (Fsp3) is 0.350. The van der Waals surface area contributed by atoms with Crippen molar-refractivity contribution in [3.8, 4) is 11.5 Å². The highest BCUT2D eigenvalue weighted by molar-refractivity contribution is 5.92. The number of nitrogens with one attached hydrogen (secondary N) is 2. The van der Waals surface area contributed by atoms with Crippen LogP contribution in [0.25, 0.3) is 0 Å². The molecule has 0 aromatic heterocycles. The first-order valence-electron chi connectivity index (χ1n) is 9.03. The molecule has 1 aliphatic heterocycles. The number of nitrogens with two attached hydrogens (primary N) is 1. The van der Waals surface area contributed by atoms with Gasteiger partial charge in [-0.25, -0.2) is 4.99 Å². The van der Waals surface area contributed by atoms with E-state index in [0.29, 0.717) is 32.3 Å². The second-order valence-corrected chi connectivity index (χ2v) is 6.15. The maximum atomic E-state index is 6.01. The van der Waals surface area contributed by atoms with E-state index in [1.54, 1.807) is 7.11 Å². The number of rotatable bonds is 7. The first kappa shape index (κ1) is 18.8. The minimum absolute atomic E-state index is 0.354. The Bertz CT molecular complexity index is 762. The number of hydrogen-bond acceptors (Lipinski definition) is 5. The molecule has 1 aliphatic rings. The Morgan fingerprint density at radius 3 is 2.59 bits per heavy atom. The molecule has 0 bridgehead atoms. The highest BCUT2D eigenvalue weighted by Gasteiger charge is 2.10. The predicted octanol–water partition coefficient (Wildman–Crippen LogP) is 2.83. The zero-order valence-corrected chi connectivity index (χ0v) is 15.5. The number of aliphatic imine (C=N–C) groups is 1. The SMILES string of the molecule is COCCNc1ccc(CN=C(N)Nc2ccc3c(c2)OCCCO3)cc1. The summed E-state index contributed by atoms with van der Waals surface area (Å²) in [4.78, 5) is 4.40. The lowest BCUT2D eigenvalue weighted by molar-refractivity contribution is 0.211. The van der Waals surface area contributed by atoms with Gasteiger partial charge in [0.15, 0.2) is 17.5 Å². The molecule has 0 saturated heterocycles. The van der Waals surface area contributed by atoms with E-state index >= 15 is 0 Å². The molecule has 0 amide bonds. The summed E-state index contributed by atoms with van der Waals surface area (Å²) in [5.41, 5.74) is 8.96. The number of anilines is 2. The minimum atomic E-state index is 0.354. The van der Waals surface area contributed by atoms with Gasteiger partial charge >= 0.3 is 0 Å². The highest BCUT2D eigenvalue weighted by atomic mass is 16.5. The molecular formula is C20H26N4O3. The molecule has 27 heavy (non-hydrogen) atoms. The van der Waals surface area contributed by atoms with Crippen LogP contribution in [0.4, 0.5) is 11.4 Å². The van der Waals surface area contributed by atoms with Gasteiger partial charge < -0.3 is 30.6 Å². The van der Waals surface area contributed by atoms with Crippen LogP contribution in [-0.4, -0.2) is 39.4 Å². The van der Waals surface area contributed by atoms with Gasteiger partial charge in [-0.05, 0) is 29.8 Å². The van der Waals surface area contributed by atoms with Gasteiger partial charge in [0.05, 0.1) is 26.4 Å². The van der Waals surface area contributed by atoms with Crippen molar-refractivity contribution in [2.45, 2.75) is 13.0 Å². The van der Waals surface area contributed by atoms with Crippen molar-refractivity contribution in [1.82, 2.24) is 0 Å². The van der Waals surface area contributed by atoms with Crippen molar-refractivity contribution in [1.29, 1.82) is 0 Å². The number of benzene rings is 2. The standard InChI is InChI=1S/C20H26N4O3/c1-25-12-9-22-16-5-3-15(4-6-16)14-23-20(21)24-17-7-8-18-19(13-17)27-11-2-10-26-18/h3-8,13,22H,2,9-12,14H2,1H3,(H3,21,23,24). The molecule has 2 aromatic rings. The van der Waals surface area contributed by atoms with E-state index in [1.807, 2.05) is 42.5 Å². The molecule has 0 spiro atoms. The van der Waals surface area contributed by atoms with E-state index < -0.39 is 0 Å². The summed E-state index contributed by atoms with van der Waals surface area (Å²) in [6.07, 6.45) is 0.877. The Hall–Kier alpha value is -2.93. The van der Waals surface area contributed by atoms with Crippen LogP contribution in [0.15, 0.2) is 47.5 Å². The van der Waals surface area contributed by atoms with Gasteiger partial charge in [-0.2, -0.15) is 0 Å². The van der Waals surface area contributed by atoms with Gasteiger partial charge in [0, 0.05) is 37.5 Å². The molecule has 0 aliphatic carbocycles. The number of ether oxygens (including phenoxy) is 3. The van der Waals surface area contributed by atoms with E-state index in [4.69, 9.17) is 19.9 Å². The van der Waals surface area contributed by atoms with E-state index in [9.17, 15) is 0 Å². The summed E-state index contributed by atoms with van der Waals surface area (Å²) in [5, 5.41) is 6.37. The number of hydrogen-bond donors (Lipinski definition) is 3. The van der Waals surface area contributed by atoms with Gasteiger partial charge in [0.25, 0.3) is 0 Å². The quantitative estimate of drug-likeness (QED) is 0.394. The van der Waals surface area contributed by atoms with Crippen LogP contribution in [-0.2, 0) is 11.3 Å². The molecule has 0 unspecified atom stereocenters. The second-order valence-electron chi connectivity index (χ2n) is 6.15. The molecule has 0 radical (unpaired) electrons. The molecule has 0 atom stereocenters. The normalized spacial score (nSPS) is 13.7. The largest absolute Gasteiger partial charge is 0.490 e. The van der Waals surface area contributed by atoms with Crippen molar-refractivity contribution >= 4 is 17.3 Å². The summed E-state index contributed by atoms with van der Waals surface area (Å²) in [5.74, 6) is 1.83. The Morgan fingerprint density at radius 1 is 1.07 bits per heavy atom. The van der Waals surface area contributed by atoms with Crippen molar-refractivity contribution in [2.24, 2.45) is 10.7 Å². The first-order chi connectivity index (χ1) is 13.2. The fourth-order valence-electron chi connectivity index (χ4n) is 2.63. The first-order valence-corrected chi connectivity index (χ1v) is 9.03. The van der Waals surface area contributed by atoms with E-state index in [-0.39, 0.29) is 0 Å². The van der Waals surface area contributed by atoms with Crippen LogP contribution in [0.3, 0.4) is 0 Å². The number of methoxy groups -OCH3 is 1. The average molecular weight is 370 g/mol. The van der Waals surface area contributed by atoms with Gasteiger partial charge in [-0.3, -0.25) is 0 Å². The highest BCUT2D eigenvalue weighted by Crippen LogP contribution is 2.32. The van der Waals surface area contributed by atoms with Crippen LogP contribution in [0.1, 0.15) is 12.0 Å². The zero-order chi connectivity index (χ0) is 18.9. The summed E-state index contributed by atoms with van der Waals surface area (Å²) in [6, 6.07) is 13.8. The summed E-state index contributed by atoms with van der Waals surface area (Å²) >= 11 is 0. The Balaban J connectivity index is 1.54. The average Bonchev–Trinajstić information content (AvgIpc) is 2.92. The molecule has 7 heteroatoms. The maximum absolute atomic E-state index is 6.01.